The number of isothiocyanates is 1. The first-order valence-corrected chi connectivity index (χ1v) is 6.75. The highest BCUT2D eigenvalue weighted by Crippen LogP contribution is 2.23. The highest BCUT2D eigenvalue weighted by Gasteiger charge is 1.98. The molecule has 0 saturated heterocycles. The van der Waals surface area contributed by atoms with Gasteiger partial charge in [-0.3, -0.25) is 0 Å². The largest absolute Gasteiger partial charge is 0.195 e. The fourth-order valence-electron chi connectivity index (χ4n) is 1.77. The Labute approximate surface area is 118 Å². The zero-order valence-electron chi connectivity index (χ0n) is 9.84. The molecule has 18 heavy (non-hydrogen) atoms. The summed E-state index contributed by atoms with van der Waals surface area (Å²) < 4.78 is 0. The van der Waals surface area contributed by atoms with Crippen molar-refractivity contribution >= 4 is 35.7 Å². The number of hydrogen-bond donors (Lipinski definition) is 1. The van der Waals surface area contributed by atoms with Gasteiger partial charge in [0.2, 0.25) is 0 Å². The maximum absolute atomic E-state index is 4.58. The van der Waals surface area contributed by atoms with E-state index in [4.69, 9.17) is 0 Å². The normalized spacial score (nSPS) is 9.83. The average molecular weight is 271 g/mol. The van der Waals surface area contributed by atoms with Crippen LogP contribution in [0.2, 0.25) is 0 Å². The molecule has 0 aliphatic carbocycles. The van der Waals surface area contributed by atoms with Gasteiger partial charge in [-0.2, -0.15) is 17.6 Å². The number of thiocarbonyl (C=S) groups is 1. The van der Waals surface area contributed by atoms with Crippen molar-refractivity contribution in [2.75, 3.05) is 5.75 Å². The van der Waals surface area contributed by atoms with Crippen molar-refractivity contribution in [3.63, 3.8) is 0 Å². The molecule has 90 valence electrons. The first-order chi connectivity index (χ1) is 8.83. The van der Waals surface area contributed by atoms with Crippen LogP contribution in [0.5, 0.6) is 0 Å². The second-order valence-corrected chi connectivity index (χ2v) is 4.55. The Hall–Kier alpha value is -1.41. The summed E-state index contributed by atoms with van der Waals surface area (Å²) in [5.41, 5.74) is 4.53. The summed E-state index contributed by atoms with van der Waals surface area (Å²) in [6, 6.07) is 16.5. The molecule has 0 saturated carbocycles. The highest BCUT2D eigenvalue weighted by atomic mass is 32.1. The third-order valence-corrected chi connectivity index (χ3v) is 3.04. The summed E-state index contributed by atoms with van der Waals surface area (Å²) in [5, 5.41) is 2.37. The van der Waals surface area contributed by atoms with Crippen LogP contribution in [0.25, 0.3) is 11.1 Å². The third kappa shape index (κ3) is 3.30. The Morgan fingerprint density at radius 2 is 1.50 bits per heavy atom. The molecule has 0 aliphatic heterocycles. The minimum absolute atomic E-state index is 0.834. The minimum atomic E-state index is 0.834. The Morgan fingerprint density at radius 1 is 0.944 bits per heavy atom. The maximum Gasteiger partial charge on any atom is 0.0739 e. The predicted molar refractivity (Wildman–Crippen MR) is 84.1 cm³/mol. The molecule has 0 radical (unpaired) electrons. The van der Waals surface area contributed by atoms with E-state index in [1.807, 2.05) is 24.3 Å². The molecule has 0 N–H and O–H groups in total. The van der Waals surface area contributed by atoms with Gasteiger partial charge in [0.05, 0.1) is 10.8 Å². The van der Waals surface area contributed by atoms with E-state index in [0.29, 0.717) is 0 Å². The lowest BCUT2D eigenvalue weighted by atomic mass is 10.0. The van der Waals surface area contributed by atoms with Gasteiger partial charge in [0.1, 0.15) is 0 Å². The Morgan fingerprint density at radius 3 is 2.00 bits per heavy atom. The summed E-state index contributed by atoms with van der Waals surface area (Å²) >= 11 is 8.81. The smallest absolute Gasteiger partial charge is 0.0739 e. The number of hydrogen-bond acceptors (Lipinski definition) is 3. The van der Waals surface area contributed by atoms with Crippen molar-refractivity contribution in [3.05, 3.63) is 54.1 Å². The van der Waals surface area contributed by atoms with Gasteiger partial charge in [0.15, 0.2) is 0 Å². The monoisotopic (exact) mass is 271 g/mol. The Kier molecular flexibility index (Phi) is 4.71. The molecule has 0 heterocycles. The molecule has 3 heteroatoms. The van der Waals surface area contributed by atoms with Gasteiger partial charge < -0.3 is 0 Å². The zero-order chi connectivity index (χ0) is 12.8. The summed E-state index contributed by atoms with van der Waals surface area (Å²) in [4.78, 5) is 3.94. The number of thiol groups is 1. The predicted octanol–water partition coefficient (Wildman–Crippen LogP) is 4.56. The van der Waals surface area contributed by atoms with Crippen LogP contribution in [0.15, 0.2) is 53.5 Å². The van der Waals surface area contributed by atoms with E-state index in [1.165, 1.54) is 16.7 Å². The summed E-state index contributed by atoms with van der Waals surface area (Å²) in [6.45, 7) is 0. The molecule has 0 aliphatic rings. The Bertz CT molecular complexity index is 552. The topological polar surface area (TPSA) is 12.4 Å². The molecule has 2 aromatic carbocycles. The van der Waals surface area contributed by atoms with Gasteiger partial charge in [-0.1, -0.05) is 36.4 Å². The second-order valence-electron chi connectivity index (χ2n) is 3.92. The number of aryl methyl sites for hydroxylation is 1. The highest BCUT2D eigenvalue weighted by molar-refractivity contribution is 7.80. The maximum atomic E-state index is 4.58. The van der Waals surface area contributed by atoms with Crippen molar-refractivity contribution < 1.29 is 0 Å². The van der Waals surface area contributed by atoms with Crippen LogP contribution in [-0.2, 0) is 6.42 Å². The van der Waals surface area contributed by atoms with E-state index < -0.39 is 0 Å². The molecule has 2 aromatic rings. The van der Waals surface area contributed by atoms with Gasteiger partial charge in [0, 0.05) is 0 Å². The number of nitrogens with zero attached hydrogens (tertiary/aromatic N) is 1. The SMILES string of the molecule is S=C=Nc1ccc(-c2ccc(CCS)cc2)cc1. The molecule has 0 fully saturated rings. The van der Waals surface area contributed by atoms with Crippen molar-refractivity contribution in [3.8, 4) is 11.1 Å². The van der Waals surface area contributed by atoms with E-state index in [0.717, 1.165) is 17.9 Å². The van der Waals surface area contributed by atoms with E-state index in [2.05, 4.69) is 59.3 Å². The average Bonchev–Trinajstić information content (AvgIpc) is 2.41. The van der Waals surface area contributed by atoms with Gasteiger partial charge in [-0.25, -0.2) is 0 Å². The van der Waals surface area contributed by atoms with Crippen LogP contribution >= 0.6 is 24.8 Å². The quantitative estimate of drug-likeness (QED) is 0.488. The van der Waals surface area contributed by atoms with Gasteiger partial charge in [-0.15, -0.1) is 0 Å². The van der Waals surface area contributed by atoms with E-state index in [1.54, 1.807) is 0 Å². The van der Waals surface area contributed by atoms with Crippen molar-refractivity contribution in [1.29, 1.82) is 0 Å². The summed E-state index contributed by atoms with van der Waals surface area (Å²) in [5.74, 6) is 0.879. The molecule has 0 aromatic heterocycles. The lowest BCUT2D eigenvalue weighted by Gasteiger charge is -2.04. The molecule has 0 bridgehead atoms. The summed E-state index contributed by atoms with van der Waals surface area (Å²) in [7, 11) is 0. The molecule has 1 nitrogen and oxygen atoms in total. The van der Waals surface area contributed by atoms with E-state index in [9.17, 15) is 0 Å². The molecular weight excluding hydrogens is 258 g/mol. The minimum Gasteiger partial charge on any atom is -0.195 e. The molecule has 0 amide bonds. The molecule has 0 unspecified atom stereocenters. The lowest BCUT2D eigenvalue weighted by Crippen LogP contribution is -1.85. The van der Waals surface area contributed by atoms with Gasteiger partial charge >= 0.3 is 0 Å². The first kappa shape index (κ1) is 13.0. The molecule has 2 rings (SSSR count). The van der Waals surface area contributed by atoms with Crippen LogP contribution in [0.4, 0.5) is 5.69 Å². The number of benzene rings is 2. The third-order valence-electron chi connectivity index (χ3n) is 2.73. The first-order valence-electron chi connectivity index (χ1n) is 5.71. The standard InChI is InChI=1S/C15H13NS2/c17-10-9-12-1-3-13(4-2-12)14-5-7-15(8-6-14)16-11-18/h1-8,17H,9-10H2. The zero-order valence-corrected chi connectivity index (χ0v) is 11.5. The number of rotatable bonds is 4. The van der Waals surface area contributed by atoms with Crippen LogP contribution in [-0.4, -0.2) is 10.9 Å². The molecular formula is C15H13NS2. The van der Waals surface area contributed by atoms with Gasteiger partial charge in [0.25, 0.3) is 0 Å². The number of aliphatic imine (C=N–C) groups is 1. The van der Waals surface area contributed by atoms with Crippen LogP contribution in [0.1, 0.15) is 5.56 Å². The fraction of sp³-hybridized carbons (Fsp3) is 0.133. The van der Waals surface area contributed by atoms with Crippen molar-refractivity contribution in [2.24, 2.45) is 4.99 Å². The van der Waals surface area contributed by atoms with Crippen molar-refractivity contribution in [1.82, 2.24) is 0 Å². The molecule has 0 atom stereocenters. The Balaban J connectivity index is 2.22. The van der Waals surface area contributed by atoms with Crippen molar-refractivity contribution in [2.45, 2.75) is 6.42 Å². The lowest BCUT2D eigenvalue weighted by molar-refractivity contribution is 1.16. The van der Waals surface area contributed by atoms with E-state index in [-0.39, 0.29) is 0 Å². The van der Waals surface area contributed by atoms with Gasteiger partial charge in [-0.05, 0) is 53.2 Å². The van der Waals surface area contributed by atoms with Crippen LogP contribution < -0.4 is 0 Å². The summed E-state index contributed by atoms with van der Waals surface area (Å²) in [6.07, 6.45) is 1.01. The fourth-order valence-corrected chi connectivity index (χ4v) is 2.14. The molecule has 0 spiro atoms. The van der Waals surface area contributed by atoms with Crippen LogP contribution in [0, 0.1) is 0 Å². The van der Waals surface area contributed by atoms with E-state index >= 15 is 0 Å². The second kappa shape index (κ2) is 6.50. The van der Waals surface area contributed by atoms with Crippen LogP contribution in [0.3, 0.4) is 0 Å².